The number of carbonyl (C=O) groups excluding carboxylic acids is 2. The fourth-order valence-electron chi connectivity index (χ4n) is 10.0. The molecular weight excluding hydrogens is 875 g/mol. The largest absolute Gasteiger partial charge is 0.466 e. The van der Waals surface area contributed by atoms with E-state index in [9.17, 15) is 19.8 Å². The van der Waals surface area contributed by atoms with E-state index in [0.29, 0.717) is 25.9 Å². The topological polar surface area (TPSA) is 95.9 Å². The maximum Gasteiger partial charge on any atom is 0.305 e. The highest BCUT2D eigenvalue weighted by Gasteiger charge is 2.20. The van der Waals surface area contributed by atoms with E-state index in [4.69, 9.17) is 4.74 Å². The van der Waals surface area contributed by atoms with Gasteiger partial charge in [-0.25, -0.2) is 0 Å². The van der Waals surface area contributed by atoms with Crippen LogP contribution in [0.15, 0.2) is 24.3 Å². The van der Waals surface area contributed by atoms with E-state index in [0.717, 1.165) is 44.9 Å². The Bertz CT molecular complexity index is 1110. The Balaban J connectivity index is 3.34. The summed E-state index contributed by atoms with van der Waals surface area (Å²) in [5, 5.41) is 23.2. The first-order valence-electron chi connectivity index (χ1n) is 32.1. The quantitative estimate of drug-likeness (QED) is 0.0320. The minimum absolute atomic E-state index is 0.00875. The fraction of sp³-hybridized carbons (Fsp3) is 0.908. The smallest absolute Gasteiger partial charge is 0.305 e. The third kappa shape index (κ3) is 57.5. The molecule has 420 valence electrons. The van der Waals surface area contributed by atoms with E-state index in [1.54, 1.807) is 0 Å². The molecular formula is C65H125NO5. The molecule has 0 saturated carbocycles. The molecule has 0 aromatic rings. The van der Waals surface area contributed by atoms with Crippen molar-refractivity contribution in [3.05, 3.63) is 24.3 Å². The summed E-state index contributed by atoms with van der Waals surface area (Å²) >= 11 is 0. The van der Waals surface area contributed by atoms with Gasteiger partial charge in [-0.15, -0.1) is 0 Å². The van der Waals surface area contributed by atoms with Gasteiger partial charge in [0.15, 0.2) is 0 Å². The fourth-order valence-corrected chi connectivity index (χ4v) is 10.0. The Hall–Kier alpha value is -1.66. The molecule has 71 heavy (non-hydrogen) atoms. The number of aliphatic hydroxyl groups is 2. The number of allylic oxidation sites excluding steroid dienone is 4. The van der Waals surface area contributed by atoms with Gasteiger partial charge in [-0.2, -0.15) is 0 Å². The van der Waals surface area contributed by atoms with Crippen LogP contribution >= 0.6 is 0 Å². The second-order valence-electron chi connectivity index (χ2n) is 22.1. The van der Waals surface area contributed by atoms with Crippen LogP contribution in [-0.4, -0.2) is 47.4 Å². The van der Waals surface area contributed by atoms with Crippen molar-refractivity contribution in [3.8, 4) is 0 Å². The molecule has 0 spiro atoms. The number of nitrogens with one attached hydrogen (secondary N) is 1. The van der Waals surface area contributed by atoms with Gasteiger partial charge in [0.05, 0.1) is 25.4 Å². The summed E-state index contributed by atoms with van der Waals surface area (Å²) in [6.45, 7) is 4.94. The number of esters is 1. The maximum absolute atomic E-state index is 12.4. The number of aliphatic hydroxyl groups excluding tert-OH is 2. The van der Waals surface area contributed by atoms with Gasteiger partial charge in [0.2, 0.25) is 5.91 Å². The number of hydrogen-bond acceptors (Lipinski definition) is 5. The zero-order chi connectivity index (χ0) is 51.4. The van der Waals surface area contributed by atoms with Crippen molar-refractivity contribution in [2.75, 3.05) is 13.2 Å². The first-order chi connectivity index (χ1) is 35.0. The molecule has 3 N–H and O–H groups in total. The van der Waals surface area contributed by atoms with E-state index in [1.165, 1.54) is 276 Å². The lowest BCUT2D eigenvalue weighted by Crippen LogP contribution is -2.45. The molecule has 0 rings (SSSR count). The van der Waals surface area contributed by atoms with E-state index >= 15 is 0 Å². The predicted octanol–water partition coefficient (Wildman–Crippen LogP) is 20.2. The molecule has 1 amide bonds. The lowest BCUT2D eigenvalue weighted by molar-refractivity contribution is -0.143. The second kappa shape index (κ2) is 60.9. The maximum atomic E-state index is 12.4. The number of amides is 1. The van der Waals surface area contributed by atoms with Crippen molar-refractivity contribution in [2.24, 2.45) is 0 Å². The zero-order valence-corrected chi connectivity index (χ0v) is 48.0. The SMILES string of the molecule is CCCCCCC/C=C\CCCCCCCC(=O)OCCCCCCCCCCCCCC/C=C\CCCCCCCCCCCCCCCCC(=O)NC(CO)C(O)CCCCCCCCCCCC. The summed E-state index contributed by atoms with van der Waals surface area (Å²) in [7, 11) is 0. The second-order valence-corrected chi connectivity index (χ2v) is 22.1. The molecule has 0 heterocycles. The molecule has 0 aliphatic carbocycles. The van der Waals surface area contributed by atoms with Crippen LogP contribution in [0.5, 0.6) is 0 Å². The summed E-state index contributed by atoms with van der Waals surface area (Å²) < 4.78 is 5.48. The van der Waals surface area contributed by atoms with Gasteiger partial charge in [0, 0.05) is 12.8 Å². The Morgan fingerprint density at radius 1 is 0.380 bits per heavy atom. The Morgan fingerprint density at radius 2 is 0.662 bits per heavy atom. The van der Waals surface area contributed by atoms with Gasteiger partial charge in [-0.3, -0.25) is 9.59 Å². The number of ether oxygens (including phenoxy) is 1. The minimum atomic E-state index is -0.661. The lowest BCUT2D eigenvalue weighted by Gasteiger charge is -2.22. The minimum Gasteiger partial charge on any atom is -0.466 e. The van der Waals surface area contributed by atoms with E-state index in [1.807, 2.05) is 0 Å². The first kappa shape index (κ1) is 69.3. The average Bonchev–Trinajstić information content (AvgIpc) is 3.37. The Labute approximate surface area is 443 Å². The molecule has 2 unspecified atom stereocenters. The van der Waals surface area contributed by atoms with Gasteiger partial charge in [0.1, 0.15) is 0 Å². The number of rotatable bonds is 60. The molecule has 0 aromatic carbocycles. The van der Waals surface area contributed by atoms with Crippen molar-refractivity contribution in [3.63, 3.8) is 0 Å². The molecule has 6 heteroatoms. The van der Waals surface area contributed by atoms with Crippen molar-refractivity contribution in [2.45, 2.75) is 366 Å². The van der Waals surface area contributed by atoms with E-state index in [2.05, 4.69) is 43.5 Å². The van der Waals surface area contributed by atoms with Crippen LogP contribution < -0.4 is 5.32 Å². The Kier molecular flexibility index (Phi) is 59.5. The van der Waals surface area contributed by atoms with E-state index in [-0.39, 0.29) is 18.5 Å². The normalized spacial score (nSPS) is 12.7. The standard InChI is InChI=1S/C65H125NO5/c1-3-5-7-9-11-13-15-16-36-39-43-47-51-55-59-65(70)71-60-56-52-48-44-40-37-34-32-30-28-26-24-22-20-18-17-19-21-23-25-27-29-31-33-35-38-42-46-50-54-58-64(69)66-62(61-67)63(68)57-53-49-45-41-14-12-10-8-6-4-2/h15-16,18,20,62-63,67-68H,3-14,17,19,21-61H2,1-2H3,(H,66,69)/b16-15-,20-18-. The van der Waals surface area contributed by atoms with Gasteiger partial charge < -0.3 is 20.3 Å². The van der Waals surface area contributed by atoms with Crippen molar-refractivity contribution >= 4 is 11.9 Å². The molecule has 6 nitrogen and oxygen atoms in total. The molecule has 0 aliphatic heterocycles. The highest BCUT2D eigenvalue weighted by molar-refractivity contribution is 5.76. The lowest BCUT2D eigenvalue weighted by atomic mass is 10.0. The van der Waals surface area contributed by atoms with Crippen LogP contribution in [0.1, 0.15) is 354 Å². The van der Waals surface area contributed by atoms with Crippen molar-refractivity contribution < 1.29 is 24.5 Å². The highest BCUT2D eigenvalue weighted by atomic mass is 16.5. The number of unbranched alkanes of at least 4 members (excludes halogenated alkanes) is 45. The predicted molar refractivity (Wildman–Crippen MR) is 310 cm³/mol. The molecule has 0 fully saturated rings. The average molecular weight is 1000 g/mol. The molecule has 0 aliphatic rings. The molecule has 2 atom stereocenters. The summed E-state index contributed by atoms with van der Waals surface area (Å²) in [5.74, 6) is -0.0252. The monoisotopic (exact) mass is 1000 g/mol. The first-order valence-corrected chi connectivity index (χ1v) is 32.1. The van der Waals surface area contributed by atoms with Crippen molar-refractivity contribution in [1.82, 2.24) is 5.32 Å². The summed E-state index contributed by atoms with van der Waals surface area (Å²) in [4.78, 5) is 24.5. The van der Waals surface area contributed by atoms with E-state index < -0.39 is 12.1 Å². The van der Waals surface area contributed by atoms with Gasteiger partial charge in [-0.1, -0.05) is 289 Å². The van der Waals surface area contributed by atoms with Crippen LogP contribution in [0.2, 0.25) is 0 Å². The number of hydrogen-bond donors (Lipinski definition) is 3. The third-order valence-corrected chi connectivity index (χ3v) is 15.0. The molecule has 0 bridgehead atoms. The van der Waals surface area contributed by atoms with Gasteiger partial charge >= 0.3 is 5.97 Å². The van der Waals surface area contributed by atoms with Crippen LogP contribution in [0.25, 0.3) is 0 Å². The van der Waals surface area contributed by atoms with Gasteiger partial charge in [0.25, 0.3) is 0 Å². The molecule has 0 aromatic heterocycles. The van der Waals surface area contributed by atoms with Crippen LogP contribution in [0, 0.1) is 0 Å². The third-order valence-electron chi connectivity index (χ3n) is 15.0. The summed E-state index contributed by atoms with van der Waals surface area (Å²) in [6.07, 6.45) is 75.0. The number of carbonyl (C=O) groups is 2. The molecule has 0 radical (unpaired) electrons. The van der Waals surface area contributed by atoms with Crippen LogP contribution in [0.4, 0.5) is 0 Å². The van der Waals surface area contributed by atoms with Gasteiger partial charge in [-0.05, 0) is 77.0 Å². The Morgan fingerprint density at radius 3 is 1.00 bits per heavy atom. The molecule has 0 saturated heterocycles. The van der Waals surface area contributed by atoms with Crippen molar-refractivity contribution in [1.29, 1.82) is 0 Å². The van der Waals surface area contributed by atoms with Crippen LogP contribution in [-0.2, 0) is 14.3 Å². The highest BCUT2D eigenvalue weighted by Crippen LogP contribution is 2.18. The van der Waals surface area contributed by atoms with Crippen LogP contribution in [0.3, 0.4) is 0 Å². The summed E-state index contributed by atoms with van der Waals surface area (Å²) in [6, 6.07) is -0.538. The summed E-state index contributed by atoms with van der Waals surface area (Å²) in [5.41, 5.74) is 0. The zero-order valence-electron chi connectivity index (χ0n) is 48.0.